The first-order valence-corrected chi connectivity index (χ1v) is 8.06. The van der Waals surface area contributed by atoms with Crippen molar-refractivity contribution in [3.8, 4) is 0 Å². The van der Waals surface area contributed by atoms with Crippen molar-refractivity contribution in [2.75, 3.05) is 5.75 Å². The molecule has 0 aliphatic heterocycles. The molecule has 2 fully saturated rings. The highest BCUT2D eigenvalue weighted by atomic mass is 32.2. The van der Waals surface area contributed by atoms with Crippen LogP contribution in [0.5, 0.6) is 0 Å². The van der Waals surface area contributed by atoms with Gasteiger partial charge in [-0.15, -0.1) is 5.10 Å². The first kappa shape index (κ1) is 13.0. The number of aromatic amines is 1. The second kappa shape index (κ2) is 5.53. The molecule has 0 unspecified atom stereocenters. The molecule has 2 aliphatic carbocycles. The Morgan fingerprint density at radius 1 is 1.47 bits per heavy atom. The fourth-order valence-corrected chi connectivity index (χ4v) is 3.93. The van der Waals surface area contributed by atoms with Crippen molar-refractivity contribution < 1.29 is 4.79 Å². The standard InChI is InChI=1S/C13H20N4OS/c1-2-11-15-13(17-16-11)19-7-12(18)14-10-6-8-3-4-9(10)5-8/h8-10H,2-7H2,1H3,(H,14,18)(H,15,16,17)/t8-,9-,10-/m1/s1. The Morgan fingerprint density at radius 2 is 2.37 bits per heavy atom. The summed E-state index contributed by atoms with van der Waals surface area (Å²) in [6.07, 6.45) is 6.00. The average Bonchev–Trinajstić information content (AvgIpc) is 3.12. The highest BCUT2D eigenvalue weighted by molar-refractivity contribution is 7.99. The molecule has 104 valence electrons. The van der Waals surface area contributed by atoms with Gasteiger partial charge in [-0.1, -0.05) is 25.1 Å². The molecule has 3 rings (SSSR count). The van der Waals surface area contributed by atoms with E-state index in [2.05, 4.69) is 20.5 Å². The molecule has 0 aromatic carbocycles. The van der Waals surface area contributed by atoms with Crippen molar-refractivity contribution in [1.82, 2.24) is 20.5 Å². The number of H-pyrrole nitrogens is 1. The molecular weight excluding hydrogens is 260 g/mol. The van der Waals surface area contributed by atoms with Crippen LogP contribution >= 0.6 is 11.8 Å². The quantitative estimate of drug-likeness (QED) is 0.806. The second-order valence-corrected chi connectivity index (χ2v) is 6.50. The minimum absolute atomic E-state index is 0.116. The van der Waals surface area contributed by atoms with Crippen molar-refractivity contribution in [1.29, 1.82) is 0 Å². The number of aromatic nitrogens is 3. The number of hydrogen-bond donors (Lipinski definition) is 2. The third-order valence-electron chi connectivity index (χ3n) is 4.26. The Bertz CT molecular complexity index is 461. The zero-order valence-electron chi connectivity index (χ0n) is 11.2. The van der Waals surface area contributed by atoms with Gasteiger partial charge < -0.3 is 5.32 Å². The predicted octanol–water partition coefficient (Wildman–Crippen LogP) is 1.76. The molecule has 0 spiro atoms. The van der Waals surface area contributed by atoms with E-state index in [1.54, 1.807) is 0 Å². The minimum Gasteiger partial charge on any atom is -0.352 e. The van der Waals surface area contributed by atoms with Crippen LogP contribution in [0.3, 0.4) is 0 Å². The molecule has 2 N–H and O–H groups in total. The van der Waals surface area contributed by atoms with Gasteiger partial charge in [0.05, 0.1) is 5.75 Å². The molecule has 2 aliphatic rings. The van der Waals surface area contributed by atoms with Crippen LogP contribution in [0.15, 0.2) is 5.16 Å². The topological polar surface area (TPSA) is 70.7 Å². The van der Waals surface area contributed by atoms with Gasteiger partial charge in [0.15, 0.2) is 0 Å². The van der Waals surface area contributed by atoms with Crippen molar-refractivity contribution in [3.05, 3.63) is 5.82 Å². The van der Waals surface area contributed by atoms with E-state index in [0.717, 1.165) is 24.1 Å². The lowest BCUT2D eigenvalue weighted by atomic mass is 9.95. The number of hydrogen-bond acceptors (Lipinski definition) is 4. The molecule has 1 aromatic heterocycles. The van der Waals surface area contributed by atoms with Crippen molar-refractivity contribution in [3.63, 3.8) is 0 Å². The number of nitrogens with zero attached hydrogens (tertiary/aromatic N) is 2. The summed E-state index contributed by atoms with van der Waals surface area (Å²) in [6, 6.07) is 0.421. The van der Waals surface area contributed by atoms with Crippen LogP contribution in [-0.2, 0) is 11.2 Å². The fourth-order valence-electron chi connectivity index (χ4n) is 3.30. The van der Waals surface area contributed by atoms with E-state index < -0.39 is 0 Å². The van der Waals surface area contributed by atoms with E-state index >= 15 is 0 Å². The molecule has 6 heteroatoms. The summed E-state index contributed by atoms with van der Waals surface area (Å²) in [5, 5.41) is 10.8. The summed E-state index contributed by atoms with van der Waals surface area (Å²) in [5.74, 6) is 2.99. The maximum atomic E-state index is 11.9. The van der Waals surface area contributed by atoms with Crippen LogP contribution in [0.4, 0.5) is 0 Å². The van der Waals surface area contributed by atoms with E-state index in [0.29, 0.717) is 17.0 Å². The molecule has 3 atom stereocenters. The van der Waals surface area contributed by atoms with Gasteiger partial charge >= 0.3 is 0 Å². The van der Waals surface area contributed by atoms with Gasteiger partial charge in [-0.3, -0.25) is 9.89 Å². The first-order chi connectivity index (χ1) is 9.24. The lowest BCUT2D eigenvalue weighted by Gasteiger charge is -2.22. The summed E-state index contributed by atoms with van der Waals surface area (Å²) in [5.41, 5.74) is 0. The third kappa shape index (κ3) is 2.94. The number of thioether (sulfide) groups is 1. The van der Waals surface area contributed by atoms with E-state index in [1.807, 2.05) is 6.92 Å². The molecule has 2 saturated carbocycles. The number of nitrogens with one attached hydrogen (secondary N) is 2. The van der Waals surface area contributed by atoms with Crippen LogP contribution in [0.25, 0.3) is 0 Å². The van der Waals surface area contributed by atoms with Crippen LogP contribution in [0, 0.1) is 11.8 Å². The fraction of sp³-hybridized carbons (Fsp3) is 0.769. The Balaban J connectivity index is 1.44. The van der Waals surface area contributed by atoms with Gasteiger partial charge in [0, 0.05) is 12.5 Å². The average molecular weight is 280 g/mol. The molecule has 1 aromatic rings. The van der Waals surface area contributed by atoms with Gasteiger partial charge in [0.25, 0.3) is 0 Å². The smallest absolute Gasteiger partial charge is 0.230 e. The van der Waals surface area contributed by atoms with Gasteiger partial charge in [-0.2, -0.15) is 0 Å². The lowest BCUT2D eigenvalue weighted by Crippen LogP contribution is -2.39. The van der Waals surface area contributed by atoms with Crippen molar-refractivity contribution in [2.24, 2.45) is 11.8 Å². The maximum absolute atomic E-state index is 11.9. The number of fused-ring (bicyclic) bond motifs is 2. The zero-order chi connectivity index (χ0) is 13.2. The minimum atomic E-state index is 0.116. The second-order valence-electron chi connectivity index (χ2n) is 5.56. The SMILES string of the molecule is CCc1nc(SCC(=O)N[C@@H]2C[C@@H]3CC[C@@H]2C3)n[nH]1. The van der Waals surface area contributed by atoms with Gasteiger partial charge in [0.1, 0.15) is 5.82 Å². The Hall–Kier alpha value is -1.04. The van der Waals surface area contributed by atoms with E-state index in [9.17, 15) is 4.79 Å². The molecule has 2 bridgehead atoms. The normalized spacial score (nSPS) is 28.8. The maximum Gasteiger partial charge on any atom is 0.230 e. The highest BCUT2D eigenvalue weighted by Gasteiger charge is 2.39. The zero-order valence-corrected chi connectivity index (χ0v) is 12.0. The van der Waals surface area contributed by atoms with Crippen LogP contribution in [0.2, 0.25) is 0 Å². The summed E-state index contributed by atoms with van der Waals surface area (Å²) >= 11 is 1.40. The first-order valence-electron chi connectivity index (χ1n) is 7.08. The van der Waals surface area contributed by atoms with Crippen molar-refractivity contribution in [2.45, 2.75) is 50.2 Å². The van der Waals surface area contributed by atoms with E-state index in [4.69, 9.17) is 0 Å². The van der Waals surface area contributed by atoms with Crippen LogP contribution < -0.4 is 5.32 Å². The monoisotopic (exact) mass is 280 g/mol. The molecule has 0 radical (unpaired) electrons. The van der Waals surface area contributed by atoms with E-state index in [-0.39, 0.29) is 5.91 Å². The number of amides is 1. The number of rotatable bonds is 5. The molecule has 0 saturated heterocycles. The van der Waals surface area contributed by atoms with E-state index in [1.165, 1.54) is 37.4 Å². The van der Waals surface area contributed by atoms with Crippen LogP contribution in [0.1, 0.15) is 38.4 Å². The summed E-state index contributed by atoms with van der Waals surface area (Å²) in [4.78, 5) is 16.2. The Labute approximate surface area is 117 Å². The molecule has 1 heterocycles. The third-order valence-corrected chi connectivity index (χ3v) is 5.11. The summed E-state index contributed by atoms with van der Waals surface area (Å²) < 4.78 is 0. The van der Waals surface area contributed by atoms with Crippen molar-refractivity contribution >= 4 is 17.7 Å². The molecule has 19 heavy (non-hydrogen) atoms. The van der Waals surface area contributed by atoms with Gasteiger partial charge in [-0.05, 0) is 31.1 Å². The number of aryl methyl sites for hydroxylation is 1. The predicted molar refractivity (Wildman–Crippen MR) is 73.9 cm³/mol. The molecule has 5 nitrogen and oxygen atoms in total. The summed E-state index contributed by atoms with van der Waals surface area (Å²) in [6.45, 7) is 2.02. The number of carbonyl (C=O) groups is 1. The largest absolute Gasteiger partial charge is 0.352 e. The highest BCUT2D eigenvalue weighted by Crippen LogP contribution is 2.44. The molecule has 1 amide bonds. The van der Waals surface area contributed by atoms with Gasteiger partial charge in [-0.25, -0.2) is 4.98 Å². The molecular formula is C13H20N4OS. The van der Waals surface area contributed by atoms with Crippen LogP contribution in [-0.4, -0.2) is 32.9 Å². The number of carbonyl (C=O) groups excluding carboxylic acids is 1. The Kier molecular flexibility index (Phi) is 3.77. The van der Waals surface area contributed by atoms with Gasteiger partial charge in [0.2, 0.25) is 11.1 Å². The Morgan fingerprint density at radius 3 is 3.00 bits per heavy atom. The summed E-state index contributed by atoms with van der Waals surface area (Å²) in [7, 11) is 0. The lowest BCUT2D eigenvalue weighted by molar-refractivity contribution is -0.119.